The van der Waals surface area contributed by atoms with Crippen LogP contribution in [-0.4, -0.2) is 43.0 Å². The predicted octanol–water partition coefficient (Wildman–Crippen LogP) is 6.14. The van der Waals surface area contributed by atoms with Crippen LogP contribution in [0.2, 0.25) is 36.3 Å². The largest absolute Gasteiger partial charge is 0.416 e. The Kier molecular flexibility index (Phi) is 7.62. The molecule has 1 aliphatic carbocycles. The molecule has 0 saturated heterocycles. The van der Waals surface area contributed by atoms with Gasteiger partial charge < -0.3 is 8.85 Å². The van der Waals surface area contributed by atoms with Crippen molar-refractivity contribution in [1.82, 2.24) is 0 Å². The van der Waals surface area contributed by atoms with E-state index in [0.29, 0.717) is 32.5 Å². The molecule has 0 atom stereocenters. The maximum atomic E-state index is 12.1. The third-order valence-electron chi connectivity index (χ3n) is 6.96. The fraction of sp³-hybridized carbons (Fsp3) is 1.00. The van der Waals surface area contributed by atoms with Crippen LogP contribution < -0.4 is 0 Å². The average molecular weight is 457 g/mol. The highest BCUT2D eigenvalue weighted by Gasteiger charge is 2.55. The molecule has 0 unspecified atom stereocenters. The Morgan fingerprint density at radius 1 is 0.889 bits per heavy atom. The van der Waals surface area contributed by atoms with Crippen molar-refractivity contribution in [3.8, 4) is 0 Å². The van der Waals surface area contributed by atoms with Crippen LogP contribution in [0.5, 0.6) is 0 Å². The summed E-state index contributed by atoms with van der Waals surface area (Å²) in [6.45, 7) is 23.3. The molecular formula is C19H41ClO4SSi2. The third kappa shape index (κ3) is 6.54. The van der Waals surface area contributed by atoms with E-state index in [1.807, 2.05) is 0 Å². The lowest BCUT2D eigenvalue weighted by atomic mass is 10.0. The lowest BCUT2D eigenvalue weighted by Crippen LogP contribution is -2.45. The summed E-state index contributed by atoms with van der Waals surface area (Å²) in [6.07, 6.45) is 1.83. The van der Waals surface area contributed by atoms with Gasteiger partial charge in [-0.15, -0.1) is 0 Å². The van der Waals surface area contributed by atoms with E-state index in [-0.39, 0.29) is 16.0 Å². The molecule has 27 heavy (non-hydrogen) atoms. The van der Waals surface area contributed by atoms with Gasteiger partial charge in [0, 0.05) is 29.8 Å². The van der Waals surface area contributed by atoms with Crippen LogP contribution in [0.4, 0.5) is 0 Å². The minimum absolute atomic E-state index is 0.0456. The minimum atomic E-state index is -3.57. The first-order valence-electron chi connectivity index (χ1n) is 9.96. The monoisotopic (exact) mass is 456 g/mol. The molecule has 0 radical (unpaired) electrons. The van der Waals surface area contributed by atoms with E-state index in [0.717, 1.165) is 0 Å². The number of hydrogen-bond acceptors (Lipinski definition) is 4. The van der Waals surface area contributed by atoms with Crippen molar-refractivity contribution in [3.63, 3.8) is 0 Å². The number of hydrogen-bond donors (Lipinski definition) is 0. The van der Waals surface area contributed by atoms with E-state index in [2.05, 4.69) is 67.7 Å². The summed E-state index contributed by atoms with van der Waals surface area (Å²) in [5.41, 5.74) is 0. The quantitative estimate of drug-likeness (QED) is 0.309. The summed E-state index contributed by atoms with van der Waals surface area (Å²) in [4.78, 5) is 0. The van der Waals surface area contributed by atoms with Crippen LogP contribution in [0.25, 0.3) is 0 Å². The molecule has 0 amide bonds. The molecular weight excluding hydrogens is 416 g/mol. The normalized spacial score (nSPS) is 18.8. The second-order valence-electron chi connectivity index (χ2n) is 11.3. The highest BCUT2D eigenvalue weighted by atomic mass is 35.7. The average Bonchev–Trinajstić information content (AvgIpc) is 3.20. The summed E-state index contributed by atoms with van der Waals surface area (Å²) in [7, 11) is -1.62. The molecule has 1 fully saturated rings. The third-order valence-corrected chi connectivity index (χ3v) is 18.6. The Balaban J connectivity index is 2.91. The van der Waals surface area contributed by atoms with Gasteiger partial charge in [-0.3, -0.25) is 0 Å². The molecule has 0 N–H and O–H groups in total. The molecule has 4 nitrogen and oxygen atoms in total. The van der Waals surface area contributed by atoms with Crippen LogP contribution in [0, 0.1) is 5.92 Å². The van der Waals surface area contributed by atoms with E-state index in [9.17, 15) is 8.42 Å². The second-order valence-corrected chi connectivity index (χ2v) is 23.9. The molecule has 0 spiro atoms. The van der Waals surface area contributed by atoms with Crippen molar-refractivity contribution >= 4 is 36.4 Å². The lowest BCUT2D eigenvalue weighted by Gasteiger charge is -2.39. The van der Waals surface area contributed by atoms with Gasteiger partial charge in [-0.2, -0.15) is 0 Å². The van der Waals surface area contributed by atoms with Crippen molar-refractivity contribution in [2.24, 2.45) is 5.92 Å². The zero-order chi connectivity index (χ0) is 21.5. The molecule has 1 rings (SSSR count). The maximum Gasteiger partial charge on any atom is 0.238 e. The SMILES string of the molecule is CC(C)(C)[Si](C)(C)OCC(CO[Si](C)(C)C(C)(C)C)CC1(S(=O)(=O)Cl)CC1. The van der Waals surface area contributed by atoms with Crippen LogP contribution >= 0.6 is 10.7 Å². The highest BCUT2D eigenvalue weighted by Crippen LogP contribution is 2.50. The Labute approximate surface area is 174 Å². The van der Waals surface area contributed by atoms with Crippen molar-refractivity contribution in [3.05, 3.63) is 0 Å². The number of halogens is 1. The molecule has 0 aromatic heterocycles. The van der Waals surface area contributed by atoms with Crippen molar-refractivity contribution in [1.29, 1.82) is 0 Å². The molecule has 0 aliphatic heterocycles. The van der Waals surface area contributed by atoms with Gasteiger partial charge in [-0.05, 0) is 55.5 Å². The van der Waals surface area contributed by atoms with Gasteiger partial charge >= 0.3 is 0 Å². The predicted molar refractivity (Wildman–Crippen MR) is 121 cm³/mol. The van der Waals surface area contributed by atoms with Crippen LogP contribution in [0.15, 0.2) is 0 Å². The van der Waals surface area contributed by atoms with Crippen molar-refractivity contribution < 1.29 is 17.3 Å². The number of rotatable bonds is 9. The molecule has 0 bridgehead atoms. The Morgan fingerprint density at radius 3 is 1.44 bits per heavy atom. The second kappa shape index (κ2) is 8.02. The van der Waals surface area contributed by atoms with E-state index >= 15 is 0 Å². The van der Waals surface area contributed by atoms with Gasteiger partial charge in [0.1, 0.15) is 0 Å². The van der Waals surface area contributed by atoms with Gasteiger partial charge in [-0.25, -0.2) is 8.42 Å². The molecule has 8 heteroatoms. The van der Waals surface area contributed by atoms with Crippen molar-refractivity contribution in [2.45, 2.75) is 102 Å². The zero-order valence-electron chi connectivity index (χ0n) is 19.0. The molecule has 1 saturated carbocycles. The summed E-state index contributed by atoms with van der Waals surface area (Å²) in [5, 5.41) is 0.237. The summed E-state index contributed by atoms with van der Waals surface area (Å²) in [5.74, 6) is 0.0456. The summed E-state index contributed by atoms with van der Waals surface area (Å²) < 4.78 is 36.2. The molecule has 162 valence electrons. The zero-order valence-corrected chi connectivity index (χ0v) is 22.6. The van der Waals surface area contributed by atoms with E-state index in [1.165, 1.54) is 0 Å². The van der Waals surface area contributed by atoms with Crippen LogP contribution in [-0.2, 0) is 17.9 Å². The Morgan fingerprint density at radius 2 is 1.22 bits per heavy atom. The van der Waals surface area contributed by atoms with E-state index in [4.69, 9.17) is 19.5 Å². The molecule has 0 heterocycles. The lowest BCUT2D eigenvalue weighted by molar-refractivity contribution is 0.148. The minimum Gasteiger partial charge on any atom is -0.416 e. The van der Waals surface area contributed by atoms with Gasteiger partial charge in [-0.1, -0.05) is 41.5 Å². The Bertz CT molecular complexity index is 585. The standard InChI is InChI=1S/C19H41ClO4SSi2/c1-17(2,3)26(7,8)23-14-16(13-19(11-12-19)25(20,21)22)15-24-27(9,10)18(4,5)6/h16H,11-15H2,1-10H3. The first-order chi connectivity index (χ1) is 11.7. The highest BCUT2D eigenvalue weighted by molar-refractivity contribution is 8.15. The molecule has 1 aliphatic rings. The van der Waals surface area contributed by atoms with Gasteiger partial charge in [0.2, 0.25) is 9.05 Å². The fourth-order valence-electron chi connectivity index (χ4n) is 2.46. The topological polar surface area (TPSA) is 52.6 Å². The van der Waals surface area contributed by atoms with Gasteiger partial charge in [0.25, 0.3) is 0 Å². The smallest absolute Gasteiger partial charge is 0.238 e. The molecule has 0 aromatic carbocycles. The first kappa shape index (κ1) is 25.6. The maximum absolute atomic E-state index is 12.1. The molecule has 0 aromatic rings. The van der Waals surface area contributed by atoms with Gasteiger partial charge in [0.15, 0.2) is 16.6 Å². The van der Waals surface area contributed by atoms with E-state index < -0.39 is 30.4 Å². The van der Waals surface area contributed by atoms with Gasteiger partial charge in [0.05, 0.1) is 4.75 Å². The summed E-state index contributed by atoms with van der Waals surface area (Å²) >= 11 is 0. The van der Waals surface area contributed by atoms with Crippen LogP contribution in [0.1, 0.15) is 60.8 Å². The summed E-state index contributed by atoms with van der Waals surface area (Å²) in [6, 6.07) is 0. The Hall–Kier alpha value is 0.594. The van der Waals surface area contributed by atoms with Crippen molar-refractivity contribution in [2.75, 3.05) is 13.2 Å². The fourth-order valence-corrected chi connectivity index (χ4v) is 6.31. The first-order valence-corrected chi connectivity index (χ1v) is 18.1. The van der Waals surface area contributed by atoms with Crippen LogP contribution in [0.3, 0.4) is 0 Å². The van der Waals surface area contributed by atoms with E-state index in [1.54, 1.807) is 0 Å².